The van der Waals surface area contributed by atoms with Gasteiger partial charge in [0.05, 0.1) is 28.4 Å². The molecule has 28 heavy (non-hydrogen) atoms. The second-order valence-corrected chi connectivity index (χ2v) is 6.04. The van der Waals surface area contributed by atoms with Gasteiger partial charge < -0.3 is 28.7 Å². The predicted octanol–water partition coefficient (Wildman–Crippen LogP) is 3.48. The summed E-state index contributed by atoms with van der Waals surface area (Å²) in [7, 11) is 6.25. The average Bonchev–Trinajstić information content (AvgIpc) is 2.72. The Morgan fingerprint density at radius 1 is 0.857 bits per heavy atom. The van der Waals surface area contributed by atoms with E-state index in [0.29, 0.717) is 52.8 Å². The van der Waals surface area contributed by atoms with Gasteiger partial charge in [-0.3, -0.25) is 4.79 Å². The first-order chi connectivity index (χ1) is 13.6. The number of ether oxygens (including phenoxy) is 4. The Morgan fingerprint density at radius 2 is 1.61 bits per heavy atom. The first-order valence-electron chi connectivity index (χ1n) is 8.74. The van der Waals surface area contributed by atoms with Crippen LogP contribution in [0.15, 0.2) is 45.6 Å². The van der Waals surface area contributed by atoms with E-state index in [9.17, 15) is 4.79 Å². The standard InChI is InChI=1S/C21H23NO6/c1-24-14-10-18(27-4)21-15(23)12-20(28-19(21)11-14)22-8-7-13-5-6-16(25-2)17(9-13)26-3/h5-6,9-12,22H,7-8H2,1-4H3. The van der Waals surface area contributed by atoms with Crippen molar-refractivity contribution < 1.29 is 23.4 Å². The topological polar surface area (TPSA) is 79.2 Å². The zero-order chi connectivity index (χ0) is 20.1. The summed E-state index contributed by atoms with van der Waals surface area (Å²) < 4.78 is 26.9. The van der Waals surface area contributed by atoms with E-state index >= 15 is 0 Å². The maximum absolute atomic E-state index is 12.5. The van der Waals surface area contributed by atoms with E-state index in [-0.39, 0.29) is 5.43 Å². The quantitative estimate of drug-likeness (QED) is 0.636. The van der Waals surface area contributed by atoms with Crippen LogP contribution in [0.1, 0.15) is 5.56 Å². The van der Waals surface area contributed by atoms with Gasteiger partial charge in [0.1, 0.15) is 22.5 Å². The smallest absolute Gasteiger partial charge is 0.198 e. The SMILES string of the molecule is COc1cc(OC)c2c(=O)cc(NCCc3ccc(OC)c(OC)c3)oc2c1. The van der Waals surface area contributed by atoms with E-state index < -0.39 is 0 Å². The molecule has 0 amide bonds. The fourth-order valence-electron chi connectivity index (χ4n) is 2.96. The largest absolute Gasteiger partial charge is 0.496 e. The van der Waals surface area contributed by atoms with Gasteiger partial charge >= 0.3 is 0 Å². The Hall–Kier alpha value is -3.35. The van der Waals surface area contributed by atoms with Gasteiger partial charge in [0.15, 0.2) is 22.8 Å². The molecule has 0 saturated heterocycles. The van der Waals surface area contributed by atoms with E-state index in [0.717, 1.165) is 5.56 Å². The Kier molecular flexibility index (Phi) is 5.93. The van der Waals surface area contributed by atoms with E-state index in [1.165, 1.54) is 13.2 Å². The van der Waals surface area contributed by atoms with Crippen molar-refractivity contribution in [2.24, 2.45) is 0 Å². The highest BCUT2D eigenvalue weighted by molar-refractivity contribution is 5.85. The number of hydrogen-bond acceptors (Lipinski definition) is 7. The normalized spacial score (nSPS) is 10.6. The van der Waals surface area contributed by atoms with Gasteiger partial charge in [-0.2, -0.15) is 0 Å². The van der Waals surface area contributed by atoms with Crippen LogP contribution in [-0.2, 0) is 6.42 Å². The second kappa shape index (κ2) is 8.56. The van der Waals surface area contributed by atoms with Crippen LogP contribution in [-0.4, -0.2) is 35.0 Å². The molecule has 0 aliphatic rings. The first kappa shape index (κ1) is 19.4. The summed E-state index contributed by atoms with van der Waals surface area (Å²) in [6, 6.07) is 10.5. The highest BCUT2D eigenvalue weighted by Gasteiger charge is 2.13. The van der Waals surface area contributed by atoms with Crippen LogP contribution in [0, 0.1) is 0 Å². The molecule has 0 saturated carbocycles. The molecule has 0 bridgehead atoms. The molecule has 3 aromatic rings. The summed E-state index contributed by atoms with van der Waals surface area (Å²) in [5, 5.41) is 3.53. The van der Waals surface area contributed by atoms with Crippen molar-refractivity contribution in [3.63, 3.8) is 0 Å². The minimum Gasteiger partial charge on any atom is -0.496 e. The van der Waals surface area contributed by atoms with E-state index in [1.54, 1.807) is 33.5 Å². The summed E-state index contributed by atoms with van der Waals surface area (Å²) in [5.74, 6) is 2.71. The van der Waals surface area contributed by atoms with Gasteiger partial charge in [0, 0.05) is 24.7 Å². The fourth-order valence-corrected chi connectivity index (χ4v) is 2.96. The summed E-state index contributed by atoms with van der Waals surface area (Å²) in [4.78, 5) is 12.5. The van der Waals surface area contributed by atoms with E-state index in [2.05, 4.69) is 5.32 Å². The molecule has 0 spiro atoms. The predicted molar refractivity (Wildman–Crippen MR) is 107 cm³/mol. The molecule has 0 aliphatic heterocycles. The molecule has 7 heteroatoms. The molecule has 0 unspecified atom stereocenters. The maximum Gasteiger partial charge on any atom is 0.198 e. The molecule has 0 aliphatic carbocycles. The number of hydrogen-bond donors (Lipinski definition) is 1. The third-order valence-electron chi connectivity index (χ3n) is 4.38. The number of benzene rings is 2. The third kappa shape index (κ3) is 3.98. The van der Waals surface area contributed by atoms with Crippen LogP contribution in [0.3, 0.4) is 0 Å². The molecule has 1 aromatic heterocycles. The molecular formula is C21H23NO6. The highest BCUT2D eigenvalue weighted by atomic mass is 16.5. The number of methoxy groups -OCH3 is 4. The lowest BCUT2D eigenvalue weighted by Gasteiger charge is -2.11. The van der Waals surface area contributed by atoms with Crippen molar-refractivity contribution in [1.82, 2.24) is 0 Å². The van der Waals surface area contributed by atoms with Crippen molar-refractivity contribution in [2.75, 3.05) is 40.3 Å². The highest BCUT2D eigenvalue weighted by Crippen LogP contribution is 2.30. The van der Waals surface area contributed by atoms with Crippen LogP contribution >= 0.6 is 0 Å². The van der Waals surface area contributed by atoms with Crippen molar-refractivity contribution in [1.29, 1.82) is 0 Å². The zero-order valence-corrected chi connectivity index (χ0v) is 16.3. The van der Waals surface area contributed by atoms with Crippen LogP contribution < -0.4 is 29.7 Å². The Labute approximate surface area is 162 Å². The Bertz CT molecular complexity index is 1030. The molecule has 2 aromatic carbocycles. The van der Waals surface area contributed by atoms with E-state index in [1.807, 2.05) is 18.2 Å². The molecule has 0 atom stereocenters. The molecule has 148 valence electrons. The number of anilines is 1. The summed E-state index contributed by atoms with van der Waals surface area (Å²) in [6.45, 7) is 0.574. The zero-order valence-electron chi connectivity index (χ0n) is 16.3. The van der Waals surface area contributed by atoms with Gasteiger partial charge in [-0.25, -0.2) is 0 Å². The summed E-state index contributed by atoms with van der Waals surface area (Å²) in [6.07, 6.45) is 0.712. The lowest BCUT2D eigenvalue weighted by atomic mass is 10.1. The summed E-state index contributed by atoms with van der Waals surface area (Å²) in [5.41, 5.74) is 1.28. The van der Waals surface area contributed by atoms with Crippen LogP contribution in [0.25, 0.3) is 11.0 Å². The van der Waals surface area contributed by atoms with Crippen LogP contribution in [0.5, 0.6) is 23.0 Å². The van der Waals surface area contributed by atoms with E-state index in [4.69, 9.17) is 23.4 Å². The van der Waals surface area contributed by atoms with Crippen LogP contribution in [0.4, 0.5) is 5.88 Å². The molecule has 3 rings (SSSR count). The summed E-state index contributed by atoms with van der Waals surface area (Å²) >= 11 is 0. The van der Waals surface area contributed by atoms with Gasteiger partial charge in [-0.1, -0.05) is 6.07 Å². The number of fused-ring (bicyclic) bond motifs is 1. The van der Waals surface area contributed by atoms with Crippen molar-refractivity contribution in [2.45, 2.75) is 6.42 Å². The lowest BCUT2D eigenvalue weighted by Crippen LogP contribution is -2.09. The Balaban J connectivity index is 1.79. The minimum atomic E-state index is -0.186. The average molecular weight is 385 g/mol. The van der Waals surface area contributed by atoms with Gasteiger partial charge in [-0.15, -0.1) is 0 Å². The maximum atomic E-state index is 12.5. The molecule has 0 radical (unpaired) electrons. The third-order valence-corrected chi connectivity index (χ3v) is 4.38. The van der Waals surface area contributed by atoms with Crippen molar-refractivity contribution in [3.8, 4) is 23.0 Å². The number of nitrogens with one attached hydrogen (secondary N) is 1. The van der Waals surface area contributed by atoms with Crippen LogP contribution in [0.2, 0.25) is 0 Å². The first-order valence-corrected chi connectivity index (χ1v) is 8.74. The minimum absolute atomic E-state index is 0.186. The molecular weight excluding hydrogens is 362 g/mol. The van der Waals surface area contributed by atoms with Crippen molar-refractivity contribution >= 4 is 16.9 Å². The van der Waals surface area contributed by atoms with Gasteiger partial charge in [-0.05, 0) is 24.1 Å². The fraction of sp³-hybridized carbons (Fsp3) is 0.286. The Morgan fingerprint density at radius 3 is 2.29 bits per heavy atom. The van der Waals surface area contributed by atoms with Crippen molar-refractivity contribution in [3.05, 3.63) is 52.2 Å². The van der Waals surface area contributed by atoms with Gasteiger partial charge in [0.25, 0.3) is 0 Å². The molecule has 7 nitrogen and oxygen atoms in total. The molecule has 1 heterocycles. The monoisotopic (exact) mass is 385 g/mol. The molecule has 1 N–H and O–H groups in total. The van der Waals surface area contributed by atoms with Gasteiger partial charge in [0.2, 0.25) is 0 Å². The molecule has 0 fully saturated rings. The lowest BCUT2D eigenvalue weighted by molar-refractivity contribution is 0.354. The second-order valence-electron chi connectivity index (χ2n) is 6.04. The number of rotatable bonds is 8.